The number of methoxy groups -OCH3 is 1. The molecule has 1 fully saturated rings. The van der Waals surface area contributed by atoms with E-state index in [0.717, 1.165) is 11.3 Å². The third-order valence-electron chi connectivity index (χ3n) is 3.67. The first kappa shape index (κ1) is 15.4. The third-order valence-corrected chi connectivity index (χ3v) is 3.67. The summed E-state index contributed by atoms with van der Waals surface area (Å²) in [6, 6.07) is 7.54. The molecule has 114 valence electrons. The molecule has 1 unspecified atom stereocenters. The molecule has 0 radical (unpaired) electrons. The molecule has 1 heterocycles. The van der Waals surface area contributed by atoms with Crippen LogP contribution in [-0.4, -0.2) is 43.6 Å². The zero-order valence-electron chi connectivity index (χ0n) is 12.5. The quantitative estimate of drug-likeness (QED) is 0.774. The number of nitrogens with zero attached hydrogens (tertiary/aromatic N) is 1. The molecule has 0 aromatic heterocycles. The summed E-state index contributed by atoms with van der Waals surface area (Å²) < 4.78 is 10.1. The fourth-order valence-corrected chi connectivity index (χ4v) is 2.50. The van der Waals surface area contributed by atoms with Crippen molar-refractivity contribution in [1.82, 2.24) is 4.90 Å². The maximum absolute atomic E-state index is 12.2. The smallest absolute Gasteiger partial charge is 0.310 e. The first-order valence-electron chi connectivity index (χ1n) is 7.21. The summed E-state index contributed by atoms with van der Waals surface area (Å²) in [4.78, 5) is 25.4. The van der Waals surface area contributed by atoms with Gasteiger partial charge in [0.15, 0.2) is 0 Å². The van der Waals surface area contributed by atoms with Crippen LogP contribution in [0.25, 0.3) is 0 Å². The summed E-state index contributed by atoms with van der Waals surface area (Å²) in [5, 5.41) is 0. The van der Waals surface area contributed by atoms with Crippen LogP contribution in [0.15, 0.2) is 24.3 Å². The monoisotopic (exact) mass is 291 g/mol. The van der Waals surface area contributed by atoms with E-state index in [2.05, 4.69) is 0 Å². The summed E-state index contributed by atoms with van der Waals surface area (Å²) in [5.74, 6) is 0.442. The van der Waals surface area contributed by atoms with Gasteiger partial charge < -0.3 is 14.4 Å². The molecule has 1 atom stereocenters. The van der Waals surface area contributed by atoms with Crippen molar-refractivity contribution in [1.29, 1.82) is 0 Å². The van der Waals surface area contributed by atoms with Gasteiger partial charge in [-0.05, 0) is 31.0 Å². The predicted octanol–water partition coefficient (Wildman–Crippen LogP) is 1.65. The molecule has 1 saturated heterocycles. The lowest BCUT2D eigenvalue weighted by molar-refractivity contribution is -0.145. The number of amides is 1. The van der Waals surface area contributed by atoms with Gasteiger partial charge in [0.25, 0.3) is 0 Å². The van der Waals surface area contributed by atoms with Gasteiger partial charge in [0.05, 0.1) is 26.1 Å². The number of benzene rings is 1. The highest BCUT2D eigenvalue weighted by Gasteiger charge is 2.31. The summed E-state index contributed by atoms with van der Waals surface area (Å²) in [6.45, 7) is 3.64. The maximum atomic E-state index is 12.2. The molecule has 21 heavy (non-hydrogen) atoms. The van der Waals surface area contributed by atoms with Crippen LogP contribution in [0.3, 0.4) is 0 Å². The number of carbonyl (C=O) groups is 2. The highest BCUT2D eigenvalue weighted by Crippen LogP contribution is 2.19. The maximum Gasteiger partial charge on any atom is 0.310 e. The van der Waals surface area contributed by atoms with Crippen molar-refractivity contribution in [3.8, 4) is 5.75 Å². The van der Waals surface area contributed by atoms with Crippen molar-refractivity contribution in [2.24, 2.45) is 5.92 Å². The zero-order chi connectivity index (χ0) is 15.2. The Labute approximate surface area is 124 Å². The number of esters is 1. The number of likely N-dealkylation sites (tertiary alicyclic amines) is 1. The van der Waals surface area contributed by atoms with Gasteiger partial charge in [-0.3, -0.25) is 9.59 Å². The Balaban J connectivity index is 1.88. The molecule has 1 aromatic carbocycles. The van der Waals surface area contributed by atoms with Crippen LogP contribution in [-0.2, 0) is 20.7 Å². The standard InChI is InChI=1S/C16H21NO4/c1-3-21-14-6-4-12(5-7-14)10-15(18)17-9-8-13(11-17)16(19)20-2/h4-7,13H,3,8-11H2,1-2H3. The third kappa shape index (κ3) is 3.97. The van der Waals surface area contributed by atoms with Crippen LogP contribution in [0.4, 0.5) is 0 Å². The minimum atomic E-state index is -0.230. The zero-order valence-corrected chi connectivity index (χ0v) is 12.5. The highest BCUT2D eigenvalue weighted by atomic mass is 16.5. The van der Waals surface area contributed by atoms with Gasteiger partial charge in [0.2, 0.25) is 5.91 Å². The lowest BCUT2D eigenvalue weighted by Crippen LogP contribution is -2.31. The molecule has 5 heteroatoms. The molecule has 0 N–H and O–H groups in total. The van der Waals surface area contributed by atoms with Gasteiger partial charge >= 0.3 is 5.97 Å². The molecule has 0 bridgehead atoms. The van der Waals surface area contributed by atoms with E-state index in [0.29, 0.717) is 32.5 Å². The minimum absolute atomic E-state index is 0.0468. The van der Waals surface area contributed by atoms with Gasteiger partial charge in [0, 0.05) is 13.1 Å². The SMILES string of the molecule is CCOc1ccc(CC(=O)N2CCC(C(=O)OC)C2)cc1. The van der Waals surface area contributed by atoms with E-state index in [1.54, 1.807) is 4.90 Å². The van der Waals surface area contributed by atoms with E-state index in [1.165, 1.54) is 7.11 Å². The molecular weight excluding hydrogens is 270 g/mol. The molecule has 1 aliphatic rings. The average molecular weight is 291 g/mol. The van der Waals surface area contributed by atoms with Crippen LogP contribution in [0.1, 0.15) is 18.9 Å². The van der Waals surface area contributed by atoms with E-state index in [-0.39, 0.29) is 17.8 Å². The van der Waals surface area contributed by atoms with E-state index in [9.17, 15) is 9.59 Å². The number of ether oxygens (including phenoxy) is 2. The van der Waals surface area contributed by atoms with Gasteiger partial charge in [-0.25, -0.2) is 0 Å². The van der Waals surface area contributed by atoms with Crippen molar-refractivity contribution >= 4 is 11.9 Å². The topological polar surface area (TPSA) is 55.8 Å². The summed E-state index contributed by atoms with van der Waals surface area (Å²) in [7, 11) is 1.38. The summed E-state index contributed by atoms with van der Waals surface area (Å²) in [5.41, 5.74) is 0.949. The Morgan fingerprint density at radius 1 is 1.29 bits per heavy atom. The van der Waals surface area contributed by atoms with Crippen LogP contribution >= 0.6 is 0 Å². The second kappa shape index (κ2) is 7.11. The first-order valence-corrected chi connectivity index (χ1v) is 7.21. The van der Waals surface area contributed by atoms with E-state index >= 15 is 0 Å². The number of carbonyl (C=O) groups excluding carboxylic acids is 2. The fourth-order valence-electron chi connectivity index (χ4n) is 2.50. The normalized spacial score (nSPS) is 17.6. The molecule has 1 aliphatic heterocycles. The van der Waals surface area contributed by atoms with Gasteiger partial charge in [-0.2, -0.15) is 0 Å². The van der Waals surface area contributed by atoms with Crippen molar-refractivity contribution in [3.05, 3.63) is 29.8 Å². The van der Waals surface area contributed by atoms with Crippen molar-refractivity contribution < 1.29 is 19.1 Å². The van der Waals surface area contributed by atoms with E-state index in [1.807, 2.05) is 31.2 Å². The Hall–Kier alpha value is -2.04. The molecule has 0 aliphatic carbocycles. The Morgan fingerprint density at radius 2 is 2.00 bits per heavy atom. The van der Waals surface area contributed by atoms with E-state index in [4.69, 9.17) is 9.47 Å². The van der Waals surface area contributed by atoms with Gasteiger partial charge in [0.1, 0.15) is 5.75 Å². The lowest BCUT2D eigenvalue weighted by atomic mass is 10.1. The van der Waals surface area contributed by atoms with Crippen molar-refractivity contribution in [2.45, 2.75) is 19.8 Å². The second-order valence-electron chi connectivity index (χ2n) is 5.10. The Kier molecular flexibility index (Phi) is 5.20. The fraction of sp³-hybridized carbons (Fsp3) is 0.500. The first-order chi connectivity index (χ1) is 10.1. The number of rotatable bonds is 5. The number of hydrogen-bond acceptors (Lipinski definition) is 4. The van der Waals surface area contributed by atoms with Crippen LogP contribution in [0.5, 0.6) is 5.75 Å². The van der Waals surface area contributed by atoms with Crippen LogP contribution in [0.2, 0.25) is 0 Å². The Morgan fingerprint density at radius 3 is 2.62 bits per heavy atom. The van der Waals surface area contributed by atoms with Gasteiger partial charge in [-0.15, -0.1) is 0 Å². The van der Waals surface area contributed by atoms with Crippen molar-refractivity contribution in [2.75, 3.05) is 26.8 Å². The molecule has 1 aromatic rings. The molecule has 5 nitrogen and oxygen atoms in total. The van der Waals surface area contributed by atoms with Crippen molar-refractivity contribution in [3.63, 3.8) is 0 Å². The molecule has 0 saturated carbocycles. The molecular formula is C16H21NO4. The Bertz CT molecular complexity index is 498. The predicted molar refractivity (Wildman–Crippen MR) is 78.0 cm³/mol. The lowest BCUT2D eigenvalue weighted by Gasteiger charge is -2.16. The van der Waals surface area contributed by atoms with Crippen LogP contribution in [0, 0.1) is 5.92 Å². The molecule has 1 amide bonds. The summed E-state index contributed by atoms with van der Waals surface area (Å²) >= 11 is 0. The second-order valence-corrected chi connectivity index (χ2v) is 5.10. The van der Waals surface area contributed by atoms with Crippen LogP contribution < -0.4 is 4.74 Å². The largest absolute Gasteiger partial charge is 0.494 e. The average Bonchev–Trinajstić information content (AvgIpc) is 2.99. The minimum Gasteiger partial charge on any atom is -0.494 e. The summed E-state index contributed by atoms with van der Waals surface area (Å²) in [6.07, 6.45) is 1.03. The van der Waals surface area contributed by atoms with E-state index < -0.39 is 0 Å². The number of hydrogen-bond donors (Lipinski definition) is 0. The van der Waals surface area contributed by atoms with Gasteiger partial charge in [-0.1, -0.05) is 12.1 Å². The highest BCUT2D eigenvalue weighted by molar-refractivity contribution is 5.81. The molecule has 2 rings (SSSR count). The molecule has 0 spiro atoms.